The molecule has 3 aromatic rings. The molecule has 0 atom stereocenters. The first kappa shape index (κ1) is 11.6. The molecule has 2 aromatic carbocycles. The Bertz CT molecular complexity index is 809. The lowest BCUT2D eigenvalue weighted by Crippen LogP contribution is -1.94. The molecule has 19 heavy (non-hydrogen) atoms. The van der Waals surface area contributed by atoms with E-state index in [-0.39, 0.29) is 0 Å². The smallest absolute Gasteiger partial charge is 0.137 e. The van der Waals surface area contributed by atoms with Crippen LogP contribution in [-0.4, -0.2) is 11.7 Å². The number of aryl methyl sites for hydroxylation is 1. The summed E-state index contributed by atoms with van der Waals surface area (Å²) in [5.74, 6) is 0.633. The van der Waals surface area contributed by atoms with Gasteiger partial charge in [0.1, 0.15) is 11.8 Å². The largest absolute Gasteiger partial charge is 0.495 e. The van der Waals surface area contributed by atoms with E-state index in [1.54, 1.807) is 7.11 Å². The van der Waals surface area contributed by atoms with Gasteiger partial charge in [-0.2, -0.15) is 5.26 Å². The van der Waals surface area contributed by atoms with E-state index in [0.29, 0.717) is 11.3 Å². The molecular formula is C16H14N2O. The molecule has 3 heteroatoms. The zero-order chi connectivity index (χ0) is 13.4. The van der Waals surface area contributed by atoms with Crippen LogP contribution in [0.25, 0.3) is 21.8 Å². The number of nitrogens with zero attached hydrogens (tertiary/aromatic N) is 2. The summed E-state index contributed by atoms with van der Waals surface area (Å²) in [7, 11) is 1.60. The number of fused-ring (bicyclic) bond motifs is 3. The van der Waals surface area contributed by atoms with Gasteiger partial charge in [0.05, 0.1) is 18.2 Å². The first-order valence-electron chi connectivity index (χ1n) is 6.29. The molecule has 0 saturated carbocycles. The van der Waals surface area contributed by atoms with Gasteiger partial charge in [-0.05, 0) is 25.1 Å². The lowest BCUT2D eigenvalue weighted by Gasteiger charge is -2.05. The monoisotopic (exact) mass is 250 g/mol. The third-order valence-corrected chi connectivity index (χ3v) is 3.53. The molecule has 0 spiro atoms. The number of aromatic nitrogens is 1. The maximum atomic E-state index is 9.21. The summed E-state index contributed by atoms with van der Waals surface area (Å²) in [4.78, 5) is 0. The number of hydrogen-bond acceptors (Lipinski definition) is 2. The second kappa shape index (κ2) is 4.33. The molecule has 0 fully saturated rings. The average molecular weight is 250 g/mol. The number of benzene rings is 2. The number of ether oxygens (including phenoxy) is 1. The first-order chi connectivity index (χ1) is 9.30. The van der Waals surface area contributed by atoms with Crippen molar-refractivity contribution in [2.75, 3.05) is 7.11 Å². The Hall–Kier alpha value is -2.47. The van der Waals surface area contributed by atoms with Crippen LogP contribution in [0.5, 0.6) is 5.75 Å². The lowest BCUT2D eigenvalue weighted by atomic mass is 10.1. The van der Waals surface area contributed by atoms with Crippen LogP contribution in [0.4, 0.5) is 0 Å². The van der Waals surface area contributed by atoms with Crippen molar-refractivity contribution in [3.63, 3.8) is 0 Å². The van der Waals surface area contributed by atoms with E-state index in [2.05, 4.69) is 29.7 Å². The molecular weight excluding hydrogens is 236 g/mol. The second-order valence-corrected chi connectivity index (χ2v) is 4.44. The van der Waals surface area contributed by atoms with Gasteiger partial charge in [0, 0.05) is 22.8 Å². The molecule has 0 bridgehead atoms. The highest BCUT2D eigenvalue weighted by molar-refractivity contribution is 6.09. The van der Waals surface area contributed by atoms with Gasteiger partial charge < -0.3 is 9.30 Å². The Kier molecular flexibility index (Phi) is 2.64. The number of nitriles is 1. The predicted molar refractivity (Wildman–Crippen MR) is 76.4 cm³/mol. The topological polar surface area (TPSA) is 38.0 Å². The normalized spacial score (nSPS) is 10.8. The van der Waals surface area contributed by atoms with Gasteiger partial charge in [-0.15, -0.1) is 0 Å². The quantitative estimate of drug-likeness (QED) is 0.695. The van der Waals surface area contributed by atoms with Crippen molar-refractivity contribution in [1.29, 1.82) is 5.26 Å². The molecule has 94 valence electrons. The SMILES string of the molecule is CCn1c2ccccc2c2cc(OC)c(C#N)cc21. The lowest BCUT2D eigenvalue weighted by molar-refractivity contribution is 0.414. The standard InChI is InChI=1S/C16H14N2O/c1-3-18-14-7-5-4-6-12(14)13-9-16(19-2)11(10-17)8-15(13)18/h4-9H,3H2,1-2H3. The summed E-state index contributed by atoms with van der Waals surface area (Å²) in [6, 6.07) is 14.4. The molecule has 1 aromatic heterocycles. The Morgan fingerprint density at radius 2 is 1.95 bits per heavy atom. The molecule has 0 aliphatic rings. The fourth-order valence-corrected chi connectivity index (χ4v) is 2.67. The highest BCUT2D eigenvalue weighted by Crippen LogP contribution is 2.33. The zero-order valence-electron chi connectivity index (χ0n) is 11.0. The van der Waals surface area contributed by atoms with E-state index in [1.807, 2.05) is 24.3 Å². The summed E-state index contributed by atoms with van der Waals surface area (Å²) in [6.07, 6.45) is 0. The van der Waals surface area contributed by atoms with E-state index in [0.717, 1.165) is 17.4 Å². The second-order valence-electron chi connectivity index (χ2n) is 4.44. The van der Waals surface area contributed by atoms with Crippen LogP contribution in [0.2, 0.25) is 0 Å². The maximum Gasteiger partial charge on any atom is 0.137 e. The summed E-state index contributed by atoms with van der Waals surface area (Å²) in [6.45, 7) is 2.99. The summed E-state index contributed by atoms with van der Waals surface area (Å²) in [5, 5.41) is 11.5. The van der Waals surface area contributed by atoms with E-state index in [9.17, 15) is 5.26 Å². The molecule has 3 nitrogen and oxygen atoms in total. The molecule has 3 rings (SSSR count). The van der Waals surface area contributed by atoms with Crippen LogP contribution in [0, 0.1) is 11.3 Å². The van der Waals surface area contributed by atoms with E-state index >= 15 is 0 Å². The summed E-state index contributed by atoms with van der Waals surface area (Å²) in [5.41, 5.74) is 2.85. The molecule has 0 saturated heterocycles. The van der Waals surface area contributed by atoms with Gasteiger partial charge in [0.15, 0.2) is 0 Å². The zero-order valence-corrected chi connectivity index (χ0v) is 11.0. The van der Waals surface area contributed by atoms with Crippen molar-refractivity contribution in [1.82, 2.24) is 4.57 Å². The molecule has 0 aliphatic heterocycles. The van der Waals surface area contributed by atoms with E-state index < -0.39 is 0 Å². The third kappa shape index (κ3) is 1.57. The van der Waals surface area contributed by atoms with Crippen molar-refractivity contribution in [2.24, 2.45) is 0 Å². The number of methoxy groups -OCH3 is 1. The van der Waals surface area contributed by atoms with Crippen molar-refractivity contribution < 1.29 is 4.74 Å². The highest BCUT2D eigenvalue weighted by atomic mass is 16.5. The third-order valence-electron chi connectivity index (χ3n) is 3.53. The molecule has 0 unspecified atom stereocenters. The minimum atomic E-state index is 0.576. The van der Waals surface area contributed by atoms with Crippen LogP contribution in [0.3, 0.4) is 0 Å². The maximum absolute atomic E-state index is 9.21. The number of rotatable bonds is 2. The number of hydrogen-bond donors (Lipinski definition) is 0. The average Bonchev–Trinajstić information content (AvgIpc) is 2.78. The van der Waals surface area contributed by atoms with Crippen LogP contribution in [-0.2, 0) is 6.54 Å². The van der Waals surface area contributed by atoms with Crippen LogP contribution < -0.4 is 4.74 Å². The van der Waals surface area contributed by atoms with Gasteiger partial charge in [0.2, 0.25) is 0 Å². The minimum absolute atomic E-state index is 0.576. The molecule has 0 amide bonds. The molecule has 0 aliphatic carbocycles. The molecule has 1 heterocycles. The molecule has 0 N–H and O–H groups in total. The van der Waals surface area contributed by atoms with Gasteiger partial charge in [-0.25, -0.2) is 0 Å². The van der Waals surface area contributed by atoms with Gasteiger partial charge in [0.25, 0.3) is 0 Å². The van der Waals surface area contributed by atoms with Crippen molar-refractivity contribution in [3.05, 3.63) is 42.0 Å². The van der Waals surface area contributed by atoms with Crippen LogP contribution in [0.1, 0.15) is 12.5 Å². The molecule has 0 radical (unpaired) electrons. The Morgan fingerprint density at radius 3 is 2.63 bits per heavy atom. The summed E-state index contributed by atoms with van der Waals surface area (Å²) >= 11 is 0. The highest BCUT2D eigenvalue weighted by Gasteiger charge is 2.13. The van der Waals surface area contributed by atoms with Crippen LogP contribution >= 0.6 is 0 Å². The van der Waals surface area contributed by atoms with Gasteiger partial charge in [-0.3, -0.25) is 0 Å². The van der Waals surface area contributed by atoms with E-state index in [4.69, 9.17) is 4.74 Å². The van der Waals surface area contributed by atoms with Gasteiger partial charge in [-0.1, -0.05) is 18.2 Å². The fraction of sp³-hybridized carbons (Fsp3) is 0.188. The Labute approximate surface area is 111 Å². The predicted octanol–water partition coefficient (Wildman–Crippen LogP) is 3.69. The minimum Gasteiger partial charge on any atom is -0.495 e. The Morgan fingerprint density at radius 1 is 1.16 bits per heavy atom. The van der Waals surface area contributed by atoms with Crippen molar-refractivity contribution in [2.45, 2.75) is 13.5 Å². The van der Waals surface area contributed by atoms with Gasteiger partial charge >= 0.3 is 0 Å². The first-order valence-corrected chi connectivity index (χ1v) is 6.29. The van der Waals surface area contributed by atoms with Crippen molar-refractivity contribution in [3.8, 4) is 11.8 Å². The van der Waals surface area contributed by atoms with E-state index in [1.165, 1.54) is 10.9 Å². The van der Waals surface area contributed by atoms with Crippen molar-refractivity contribution >= 4 is 21.8 Å². The summed E-state index contributed by atoms with van der Waals surface area (Å²) < 4.78 is 7.53. The van der Waals surface area contributed by atoms with Crippen LogP contribution in [0.15, 0.2) is 36.4 Å². The Balaban J connectivity index is 2.53. The number of para-hydroxylation sites is 1. The fourth-order valence-electron chi connectivity index (χ4n) is 2.67.